The van der Waals surface area contributed by atoms with E-state index in [1.54, 1.807) is 14.2 Å². The van der Waals surface area contributed by atoms with Crippen LogP contribution in [0.25, 0.3) is 11.1 Å². The number of ether oxygens (including phenoxy) is 2. The normalized spacial score (nSPS) is 17.1. The molecule has 4 heteroatoms. The fourth-order valence-corrected chi connectivity index (χ4v) is 3.49. The Hall–Kier alpha value is -2.33. The van der Waals surface area contributed by atoms with Crippen molar-refractivity contribution in [3.05, 3.63) is 54.1 Å². The minimum atomic E-state index is 0.239. The zero-order chi connectivity index (χ0) is 17.6. The van der Waals surface area contributed by atoms with Gasteiger partial charge in [-0.2, -0.15) is 0 Å². The number of para-hydroxylation sites is 1. The Morgan fingerprint density at radius 2 is 1.96 bits per heavy atom. The summed E-state index contributed by atoms with van der Waals surface area (Å²) in [6, 6.07) is 16.6. The molecule has 25 heavy (non-hydrogen) atoms. The van der Waals surface area contributed by atoms with Crippen molar-refractivity contribution in [2.24, 2.45) is 5.92 Å². The number of methoxy groups -OCH3 is 2. The summed E-state index contributed by atoms with van der Waals surface area (Å²) in [5.74, 6) is 1.49. The maximum atomic E-state index is 12.1. The van der Waals surface area contributed by atoms with Crippen molar-refractivity contribution < 1.29 is 14.3 Å². The first kappa shape index (κ1) is 17.5. The van der Waals surface area contributed by atoms with Crippen molar-refractivity contribution in [1.29, 1.82) is 0 Å². The number of amides is 1. The topological polar surface area (TPSA) is 38.8 Å². The molecule has 1 heterocycles. The van der Waals surface area contributed by atoms with Crippen LogP contribution in [0.2, 0.25) is 0 Å². The Bertz CT molecular complexity index is 729. The maximum Gasteiger partial charge on any atom is 0.223 e. The van der Waals surface area contributed by atoms with Crippen molar-refractivity contribution in [3.63, 3.8) is 0 Å². The number of rotatable bonds is 7. The summed E-state index contributed by atoms with van der Waals surface area (Å²) in [5, 5.41) is 0. The molecule has 4 nitrogen and oxygen atoms in total. The van der Waals surface area contributed by atoms with Crippen LogP contribution in [0.1, 0.15) is 12.0 Å². The molecule has 1 aliphatic heterocycles. The highest BCUT2D eigenvalue weighted by Gasteiger charge is 2.29. The average Bonchev–Trinajstić information content (AvgIpc) is 2.99. The minimum Gasteiger partial charge on any atom is -0.496 e. The van der Waals surface area contributed by atoms with Gasteiger partial charge in [0.25, 0.3) is 0 Å². The molecule has 0 N–H and O–H groups in total. The van der Waals surface area contributed by atoms with Gasteiger partial charge in [-0.3, -0.25) is 4.79 Å². The largest absolute Gasteiger partial charge is 0.496 e. The van der Waals surface area contributed by atoms with Crippen molar-refractivity contribution in [2.75, 3.05) is 33.9 Å². The highest BCUT2D eigenvalue weighted by Crippen LogP contribution is 2.31. The number of hydrogen-bond donors (Lipinski definition) is 0. The second-order valence-corrected chi connectivity index (χ2v) is 6.51. The monoisotopic (exact) mass is 339 g/mol. The van der Waals surface area contributed by atoms with Gasteiger partial charge in [-0.25, -0.2) is 0 Å². The molecule has 1 saturated heterocycles. The summed E-state index contributed by atoms with van der Waals surface area (Å²) in [6.07, 6.45) is 1.54. The smallest absolute Gasteiger partial charge is 0.223 e. The zero-order valence-electron chi connectivity index (χ0n) is 14.9. The number of benzene rings is 2. The number of carbonyl (C=O) groups excluding carboxylic acids is 1. The van der Waals surface area contributed by atoms with Gasteiger partial charge in [0, 0.05) is 32.2 Å². The quantitative estimate of drug-likeness (QED) is 0.776. The zero-order valence-corrected chi connectivity index (χ0v) is 14.9. The van der Waals surface area contributed by atoms with Gasteiger partial charge in [-0.15, -0.1) is 0 Å². The molecule has 0 radical (unpaired) electrons. The molecular weight excluding hydrogens is 314 g/mol. The molecule has 1 atom stereocenters. The van der Waals surface area contributed by atoms with E-state index in [0.29, 0.717) is 25.5 Å². The lowest BCUT2D eigenvalue weighted by molar-refractivity contribution is -0.128. The SMILES string of the molecule is COCCN1CC(Cc2cccc(-c3ccccc3OC)c2)CC1=O. The van der Waals surface area contributed by atoms with Gasteiger partial charge in [0.2, 0.25) is 5.91 Å². The number of likely N-dealkylation sites (tertiary alicyclic amines) is 1. The first-order valence-electron chi connectivity index (χ1n) is 8.70. The van der Waals surface area contributed by atoms with Gasteiger partial charge >= 0.3 is 0 Å². The first-order valence-corrected chi connectivity index (χ1v) is 8.70. The number of nitrogens with zero attached hydrogens (tertiary/aromatic N) is 1. The van der Waals surface area contributed by atoms with Crippen LogP contribution >= 0.6 is 0 Å². The van der Waals surface area contributed by atoms with Crippen LogP contribution in [-0.4, -0.2) is 44.7 Å². The Labute approximate surface area is 149 Å². The fraction of sp³-hybridized carbons (Fsp3) is 0.381. The Morgan fingerprint density at radius 3 is 2.76 bits per heavy atom. The standard InChI is InChI=1S/C21H25NO3/c1-24-11-10-22-15-17(14-21(22)23)12-16-6-5-7-18(13-16)19-8-3-4-9-20(19)25-2/h3-9,13,17H,10-12,14-15H2,1-2H3. The average molecular weight is 339 g/mol. The van der Waals surface area contributed by atoms with E-state index in [1.165, 1.54) is 5.56 Å². The van der Waals surface area contributed by atoms with E-state index in [9.17, 15) is 4.79 Å². The van der Waals surface area contributed by atoms with Crippen molar-refractivity contribution in [3.8, 4) is 16.9 Å². The molecule has 0 aromatic heterocycles. The van der Waals surface area contributed by atoms with Crippen LogP contribution in [0.3, 0.4) is 0 Å². The lowest BCUT2D eigenvalue weighted by atomic mass is 9.95. The van der Waals surface area contributed by atoms with E-state index in [2.05, 4.69) is 30.3 Å². The van der Waals surface area contributed by atoms with E-state index in [-0.39, 0.29) is 5.91 Å². The lowest BCUT2D eigenvalue weighted by Gasteiger charge is -2.16. The van der Waals surface area contributed by atoms with E-state index >= 15 is 0 Å². The van der Waals surface area contributed by atoms with E-state index < -0.39 is 0 Å². The predicted octanol–water partition coefficient (Wildman–Crippen LogP) is 3.40. The third-order valence-electron chi connectivity index (χ3n) is 4.73. The minimum absolute atomic E-state index is 0.239. The second kappa shape index (κ2) is 8.17. The van der Waals surface area contributed by atoms with Crippen LogP contribution in [0, 0.1) is 5.92 Å². The molecule has 0 bridgehead atoms. The van der Waals surface area contributed by atoms with Crippen LogP contribution in [-0.2, 0) is 16.0 Å². The molecule has 1 fully saturated rings. The number of carbonyl (C=O) groups is 1. The summed E-state index contributed by atoms with van der Waals surface area (Å²) in [7, 11) is 3.36. The molecular formula is C21H25NO3. The molecule has 2 aromatic rings. The lowest BCUT2D eigenvalue weighted by Crippen LogP contribution is -2.28. The second-order valence-electron chi connectivity index (χ2n) is 6.51. The summed E-state index contributed by atoms with van der Waals surface area (Å²) in [5.41, 5.74) is 3.50. The molecule has 0 aliphatic carbocycles. The van der Waals surface area contributed by atoms with Crippen LogP contribution < -0.4 is 4.74 Å². The molecule has 2 aromatic carbocycles. The third-order valence-corrected chi connectivity index (χ3v) is 4.73. The molecule has 3 rings (SSSR count). The maximum absolute atomic E-state index is 12.1. The summed E-state index contributed by atoms with van der Waals surface area (Å²) < 4.78 is 10.6. The Morgan fingerprint density at radius 1 is 1.12 bits per heavy atom. The van der Waals surface area contributed by atoms with Crippen LogP contribution in [0.5, 0.6) is 5.75 Å². The molecule has 1 unspecified atom stereocenters. The summed E-state index contributed by atoms with van der Waals surface area (Å²) in [4.78, 5) is 14.0. The summed E-state index contributed by atoms with van der Waals surface area (Å²) >= 11 is 0. The van der Waals surface area contributed by atoms with Gasteiger partial charge in [-0.1, -0.05) is 42.5 Å². The fourth-order valence-electron chi connectivity index (χ4n) is 3.49. The van der Waals surface area contributed by atoms with Gasteiger partial charge < -0.3 is 14.4 Å². The van der Waals surface area contributed by atoms with Crippen LogP contribution in [0.15, 0.2) is 48.5 Å². The molecule has 0 spiro atoms. The molecule has 0 saturated carbocycles. The molecule has 1 amide bonds. The van der Waals surface area contributed by atoms with E-state index in [1.807, 2.05) is 23.1 Å². The van der Waals surface area contributed by atoms with E-state index in [0.717, 1.165) is 29.8 Å². The van der Waals surface area contributed by atoms with Crippen molar-refractivity contribution in [2.45, 2.75) is 12.8 Å². The van der Waals surface area contributed by atoms with Crippen LogP contribution in [0.4, 0.5) is 0 Å². The predicted molar refractivity (Wildman–Crippen MR) is 98.7 cm³/mol. The Kier molecular flexibility index (Phi) is 5.71. The van der Waals surface area contributed by atoms with E-state index in [4.69, 9.17) is 9.47 Å². The first-order chi connectivity index (χ1) is 12.2. The highest BCUT2D eigenvalue weighted by molar-refractivity contribution is 5.78. The van der Waals surface area contributed by atoms with Gasteiger partial charge in [0.15, 0.2) is 0 Å². The van der Waals surface area contributed by atoms with Crippen molar-refractivity contribution in [1.82, 2.24) is 4.90 Å². The third kappa shape index (κ3) is 4.20. The summed E-state index contributed by atoms with van der Waals surface area (Å²) in [6.45, 7) is 2.11. The van der Waals surface area contributed by atoms with Gasteiger partial charge in [0.1, 0.15) is 5.75 Å². The molecule has 132 valence electrons. The number of hydrogen-bond acceptors (Lipinski definition) is 3. The van der Waals surface area contributed by atoms with Gasteiger partial charge in [0.05, 0.1) is 13.7 Å². The Balaban J connectivity index is 1.71. The molecule has 1 aliphatic rings. The highest BCUT2D eigenvalue weighted by atomic mass is 16.5. The van der Waals surface area contributed by atoms with Gasteiger partial charge in [-0.05, 0) is 29.5 Å². The van der Waals surface area contributed by atoms with Crippen molar-refractivity contribution >= 4 is 5.91 Å².